The Balaban J connectivity index is 1.86. The van der Waals surface area contributed by atoms with Crippen LogP contribution < -0.4 is 14.4 Å². The number of ether oxygens (including phenoxy) is 2. The minimum Gasteiger partial charge on any atom is -0.481 e. The van der Waals surface area contributed by atoms with E-state index >= 15 is 0 Å². The normalized spacial score (nSPS) is 28.3. The Bertz CT molecular complexity index is 534. The van der Waals surface area contributed by atoms with Gasteiger partial charge >= 0.3 is 6.01 Å². The third kappa shape index (κ3) is 2.95. The molecule has 2 aliphatic heterocycles. The molecule has 2 fully saturated rings. The van der Waals surface area contributed by atoms with Crippen LogP contribution in [0.1, 0.15) is 19.3 Å². The highest BCUT2D eigenvalue weighted by molar-refractivity contribution is 5.44. The number of likely N-dealkylation sites (tertiary alicyclic amines) is 1. The molecule has 0 spiro atoms. The summed E-state index contributed by atoms with van der Waals surface area (Å²) in [5.74, 6) is 1.32. The summed E-state index contributed by atoms with van der Waals surface area (Å²) in [4.78, 5) is 13.2. The van der Waals surface area contributed by atoms with E-state index in [-0.39, 0.29) is 12.0 Å². The molecule has 0 radical (unpaired) electrons. The molecule has 2 atom stereocenters. The van der Waals surface area contributed by atoms with Crippen LogP contribution in [0.3, 0.4) is 0 Å². The minimum atomic E-state index is 0.0186. The van der Waals surface area contributed by atoms with Crippen molar-refractivity contribution in [3.05, 3.63) is 6.07 Å². The van der Waals surface area contributed by atoms with Gasteiger partial charge in [0, 0.05) is 30.6 Å². The maximum absolute atomic E-state index is 10.0. The van der Waals surface area contributed by atoms with Gasteiger partial charge in [0.1, 0.15) is 5.82 Å². The highest BCUT2D eigenvalue weighted by Gasteiger charge is 2.46. The second kappa shape index (κ2) is 6.49. The van der Waals surface area contributed by atoms with Crippen LogP contribution >= 0.6 is 0 Å². The lowest BCUT2D eigenvalue weighted by atomic mass is 9.69. The quantitative estimate of drug-likeness (QED) is 0.878. The van der Waals surface area contributed by atoms with Crippen LogP contribution in [0.15, 0.2) is 6.07 Å². The second-order valence-electron chi connectivity index (χ2n) is 6.57. The van der Waals surface area contributed by atoms with Crippen molar-refractivity contribution in [2.75, 3.05) is 52.4 Å². The van der Waals surface area contributed by atoms with Gasteiger partial charge in [-0.25, -0.2) is 0 Å². The van der Waals surface area contributed by atoms with Gasteiger partial charge in [-0.15, -0.1) is 0 Å². The third-order valence-corrected chi connectivity index (χ3v) is 5.40. The van der Waals surface area contributed by atoms with E-state index in [1.54, 1.807) is 14.2 Å². The fourth-order valence-electron chi connectivity index (χ4n) is 3.97. The number of hydrogen-bond acceptors (Lipinski definition) is 7. The van der Waals surface area contributed by atoms with Crippen LogP contribution in [-0.2, 0) is 0 Å². The summed E-state index contributed by atoms with van der Waals surface area (Å²) in [6.07, 6.45) is 3.22. The van der Waals surface area contributed by atoms with Gasteiger partial charge in [0.15, 0.2) is 0 Å². The Morgan fingerprint density at radius 2 is 2.09 bits per heavy atom. The first-order valence-electron chi connectivity index (χ1n) is 8.15. The van der Waals surface area contributed by atoms with E-state index in [1.165, 1.54) is 0 Å². The summed E-state index contributed by atoms with van der Waals surface area (Å²) in [5, 5.41) is 10.0. The van der Waals surface area contributed by atoms with E-state index in [9.17, 15) is 5.11 Å². The number of aromatic nitrogens is 2. The van der Waals surface area contributed by atoms with Crippen molar-refractivity contribution in [3.8, 4) is 11.9 Å². The van der Waals surface area contributed by atoms with Crippen molar-refractivity contribution in [2.24, 2.45) is 5.41 Å². The minimum absolute atomic E-state index is 0.0186. The first-order valence-corrected chi connectivity index (χ1v) is 8.15. The molecule has 7 heteroatoms. The number of aliphatic hydroxyl groups excluding tert-OH is 1. The van der Waals surface area contributed by atoms with E-state index in [4.69, 9.17) is 9.47 Å². The number of nitrogens with zero attached hydrogens (tertiary/aromatic N) is 4. The Hall–Kier alpha value is -1.60. The Morgan fingerprint density at radius 3 is 2.78 bits per heavy atom. The highest BCUT2D eigenvalue weighted by atomic mass is 16.5. The molecule has 3 heterocycles. The Labute approximate surface area is 137 Å². The maximum atomic E-state index is 10.0. The molecule has 0 aliphatic carbocycles. The van der Waals surface area contributed by atoms with Gasteiger partial charge in [0.2, 0.25) is 5.88 Å². The SMILES string of the molecule is COc1cc(N2CC[C@@]3(CO)CCCN(C)[C@@H]3C2)nc(OC)n1. The van der Waals surface area contributed by atoms with Crippen LogP contribution in [0.4, 0.5) is 5.82 Å². The number of aliphatic hydroxyl groups is 1. The fraction of sp³-hybridized carbons (Fsp3) is 0.750. The van der Waals surface area contributed by atoms with Crippen LogP contribution in [0.2, 0.25) is 0 Å². The molecule has 2 saturated heterocycles. The first kappa shape index (κ1) is 16.3. The smallest absolute Gasteiger partial charge is 0.321 e. The van der Waals surface area contributed by atoms with Gasteiger partial charge in [-0.1, -0.05) is 0 Å². The fourth-order valence-corrected chi connectivity index (χ4v) is 3.97. The van der Waals surface area contributed by atoms with Gasteiger partial charge < -0.3 is 24.4 Å². The summed E-state index contributed by atoms with van der Waals surface area (Å²) in [6, 6.07) is 2.49. The molecule has 1 aromatic rings. The molecule has 7 nitrogen and oxygen atoms in total. The number of rotatable bonds is 4. The Kier molecular flexibility index (Phi) is 4.59. The predicted molar refractivity (Wildman–Crippen MR) is 87.1 cm³/mol. The van der Waals surface area contributed by atoms with E-state index < -0.39 is 0 Å². The molecular formula is C16H26N4O3. The molecule has 3 rings (SSSR count). The molecule has 0 bridgehead atoms. The van der Waals surface area contributed by atoms with E-state index in [1.807, 2.05) is 6.07 Å². The van der Waals surface area contributed by atoms with Crippen molar-refractivity contribution in [1.29, 1.82) is 0 Å². The largest absolute Gasteiger partial charge is 0.481 e. The molecule has 23 heavy (non-hydrogen) atoms. The molecule has 0 saturated carbocycles. The predicted octanol–water partition coefficient (Wildman–Crippen LogP) is 0.777. The lowest BCUT2D eigenvalue weighted by molar-refractivity contribution is -0.0277. The highest BCUT2D eigenvalue weighted by Crippen LogP contribution is 2.42. The zero-order valence-corrected chi connectivity index (χ0v) is 14.2. The molecule has 0 amide bonds. The van der Waals surface area contributed by atoms with Gasteiger partial charge in [-0.05, 0) is 32.9 Å². The zero-order valence-electron chi connectivity index (χ0n) is 14.2. The van der Waals surface area contributed by atoms with Gasteiger partial charge in [-0.2, -0.15) is 9.97 Å². The zero-order chi connectivity index (χ0) is 16.4. The number of likely N-dealkylation sites (N-methyl/N-ethyl adjacent to an activating group) is 1. The summed E-state index contributed by atoms with van der Waals surface area (Å²) >= 11 is 0. The van der Waals surface area contributed by atoms with Crippen LogP contribution in [-0.4, -0.2) is 73.5 Å². The molecule has 1 aromatic heterocycles. The van der Waals surface area contributed by atoms with E-state index in [0.29, 0.717) is 17.9 Å². The number of piperidine rings is 2. The standard InChI is InChI=1S/C16H26N4O3/c1-19-7-4-5-16(11-21)6-8-20(10-12(16)19)13-9-14(22-2)18-15(17-13)23-3/h9,12,21H,4-8,10-11H2,1-3H3/t12-,16-/m1/s1. The Morgan fingerprint density at radius 1 is 1.26 bits per heavy atom. The first-order chi connectivity index (χ1) is 11.1. The molecule has 2 aliphatic rings. The average molecular weight is 322 g/mol. The summed E-state index contributed by atoms with van der Waals surface area (Å²) in [7, 11) is 5.30. The topological polar surface area (TPSA) is 71.0 Å². The second-order valence-corrected chi connectivity index (χ2v) is 6.57. The van der Waals surface area contributed by atoms with Gasteiger partial charge in [0.25, 0.3) is 0 Å². The molecule has 1 N–H and O–H groups in total. The van der Waals surface area contributed by atoms with Crippen LogP contribution in [0, 0.1) is 5.41 Å². The van der Waals surface area contributed by atoms with Crippen molar-refractivity contribution in [1.82, 2.24) is 14.9 Å². The van der Waals surface area contributed by atoms with Crippen molar-refractivity contribution < 1.29 is 14.6 Å². The maximum Gasteiger partial charge on any atom is 0.321 e. The third-order valence-electron chi connectivity index (χ3n) is 5.40. The van der Waals surface area contributed by atoms with E-state index in [2.05, 4.69) is 26.8 Å². The summed E-state index contributed by atoms with van der Waals surface area (Å²) < 4.78 is 10.4. The number of anilines is 1. The molecule has 0 aromatic carbocycles. The molecular weight excluding hydrogens is 296 g/mol. The van der Waals surface area contributed by atoms with Gasteiger partial charge in [0.05, 0.1) is 20.8 Å². The molecule has 0 unspecified atom stereocenters. The van der Waals surface area contributed by atoms with Crippen molar-refractivity contribution in [3.63, 3.8) is 0 Å². The van der Waals surface area contributed by atoms with Gasteiger partial charge in [-0.3, -0.25) is 0 Å². The monoisotopic (exact) mass is 322 g/mol. The number of methoxy groups -OCH3 is 2. The molecule has 128 valence electrons. The van der Waals surface area contributed by atoms with Crippen molar-refractivity contribution >= 4 is 5.82 Å². The number of hydrogen-bond donors (Lipinski definition) is 1. The van der Waals surface area contributed by atoms with Crippen LogP contribution in [0.25, 0.3) is 0 Å². The lowest BCUT2D eigenvalue weighted by Crippen LogP contribution is -2.61. The number of fused-ring (bicyclic) bond motifs is 1. The van der Waals surface area contributed by atoms with Crippen LogP contribution in [0.5, 0.6) is 11.9 Å². The average Bonchev–Trinajstić information content (AvgIpc) is 2.61. The lowest BCUT2D eigenvalue weighted by Gasteiger charge is -2.53. The van der Waals surface area contributed by atoms with Crippen molar-refractivity contribution in [2.45, 2.75) is 25.3 Å². The van der Waals surface area contributed by atoms with E-state index in [0.717, 1.165) is 44.7 Å². The summed E-state index contributed by atoms with van der Waals surface area (Å²) in [6.45, 7) is 3.05. The summed E-state index contributed by atoms with van der Waals surface area (Å²) in [5.41, 5.74) is 0.0186.